The lowest BCUT2D eigenvalue weighted by molar-refractivity contribution is 0.0782. The summed E-state index contributed by atoms with van der Waals surface area (Å²) in [7, 11) is 0. The van der Waals surface area contributed by atoms with Crippen molar-refractivity contribution in [3.63, 3.8) is 0 Å². The summed E-state index contributed by atoms with van der Waals surface area (Å²) in [6, 6.07) is 9.02. The summed E-state index contributed by atoms with van der Waals surface area (Å²) in [5.74, 6) is -4.42. The van der Waals surface area contributed by atoms with Crippen molar-refractivity contribution in [2.45, 2.75) is 38.3 Å². The van der Waals surface area contributed by atoms with Crippen molar-refractivity contribution in [1.29, 1.82) is 0 Å². The molecule has 3 aromatic rings. The molecule has 172 valence electrons. The molecule has 1 fully saturated rings. The van der Waals surface area contributed by atoms with Crippen LogP contribution in [0.3, 0.4) is 0 Å². The van der Waals surface area contributed by atoms with Crippen molar-refractivity contribution in [2.75, 3.05) is 13.1 Å². The molecule has 1 unspecified atom stereocenters. The van der Waals surface area contributed by atoms with Gasteiger partial charge in [0.25, 0.3) is 5.91 Å². The van der Waals surface area contributed by atoms with Crippen LogP contribution in [0.1, 0.15) is 48.4 Å². The predicted octanol–water partition coefficient (Wildman–Crippen LogP) is 4.30. The van der Waals surface area contributed by atoms with E-state index in [1.807, 2.05) is 25.1 Å². The summed E-state index contributed by atoms with van der Waals surface area (Å²) >= 11 is 0. The molecule has 1 N–H and O–H groups in total. The van der Waals surface area contributed by atoms with Gasteiger partial charge in [-0.15, -0.1) is 0 Å². The van der Waals surface area contributed by atoms with E-state index in [-0.39, 0.29) is 23.2 Å². The van der Waals surface area contributed by atoms with Gasteiger partial charge in [0.15, 0.2) is 17.5 Å². The number of nitrogens with zero attached hydrogens (tertiary/aromatic N) is 4. The fraction of sp³-hybridized carbons (Fsp3) is 0.333. The molecule has 0 aliphatic carbocycles. The van der Waals surface area contributed by atoms with Gasteiger partial charge in [-0.3, -0.25) is 14.7 Å². The Hall–Kier alpha value is -3.33. The Morgan fingerprint density at radius 2 is 1.82 bits per heavy atom. The number of pyridine rings is 1. The Labute approximate surface area is 189 Å². The Kier molecular flexibility index (Phi) is 6.98. The first kappa shape index (κ1) is 22.8. The smallest absolute Gasteiger partial charge is 0.290 e. The van der Waals surface area contributed by atoms with E-state index in [1.54, 1.807) is 6.20 Å². The van der Waals surface area contributed by atoms with Crippen LogP contribution < -0.4 is 5.32 Å². The number of rotatable bonds is 6. The van der Waals surface area contributed by atoms with Crippen LogP contribution in [0, 0.1) is 17.5 Å². The maximum atomic E-state index is 13.6. The fourth-order valence-corrected chi connectivity index (χ4v) is 4.12. The number of piperidine rings is 1. The van der Waals surface area contributed by atoms with Crippen LogP contribution in [0.4, 0.5) is 13.2 Å². The molecule has 1 aromatic carbocycles. The number of benzene rings is 1. The van der Waals surface area contributed by atoms with Crippen molar-refractivity contribution in [1.82, 2.24) is 25.2 Å². The van der Waals surface area contributed by atoms with Crippen molar-refractivity contribution < 1.29 is 18.0 Å². The Balaban J connectivity index is 1.43. The van der Waals surface area contributed by atoms with Gasteiger partial charge in [-0.05, 0) is 49.6 Å². The molecule has 4 rings (SSSR count). The van der Waals surface area contributed by atoms with E-state index in [1.165, 1.54) is 12.3 Å². The van der Waals surface area contributed by atoms with Gasteiger partial charge < -0.3 is 5.32 Å². The second-order valence-electron chi connectivity index (χ2n) is 7.98. The number of carbonyl (C=O) groups excluding carboxylic acids is 1. The monoisotopic (exact) mass is 455 g/mol. The molecule has 9 heteroatoms. The van der Waals surface area contributed by atoms with Gasteiger partial charge in [0.05, 0.1) is 11.9 Å². The minimum atomic E-state index is -1.55. The van der Waals surface area contributed by atoms with Crippen LogP contribution in [-0.2, 0) is 0 Å². The fourth-order valence-electron chi connectivity index (χ4n) is 4.12. The lowest BCUT2D eigenvalue weighted by Crippen LogP contribution is -2.50. The van der Waals surface area contributed by atoms with E-state index in [0.717, 1.165) is 43.8 Å². The molecule has 0 saturated carbocycles. The lowest BCUT2D eigenvalue weighted by Gasteiger charge is -2.37. The first-order valence-electron chi connectivity index (χ1n) is 10.9. The molecule has 1 aliphatic heterocycles. The number of hydrogen-bond acceptors (Lipinski definition) is 5. The van der Waals surface area contributed by atoms with E-state index < -0.39 is 23.4 Å². The third kappa shape index (κ3) is 5.19. The molecule has 1 amide bonds. The molecule has 0 radical (unpaired) electrons. The van der Waals surface area contributed by atoms with Crippen LogP contribution >= 0.6 is 0 Å². The number of nitrogens with one attached hydrogen (secondary N) is 1. The second kappa shape index (κ2) is 10.1. The Morgan fingerprint density at radius 3 is 2.45 bits per heavy atom. The highest BCUT2D eigenvalue weighted by atomic mass is 19.2. The zero-order chi connectivity index (χ0) is 23.4. The van der Waals surface area contributed by atoms with Crippen molar-refractivity contribution in [3.05, 3.63) is 77.8 Å². The van der Waals surface area contributed by atoms with Crippen molar-refractivity contribution in [3.8, 4) is 11.3 Å². The van der Waals surface area contributed by atoms with E-state index in [4.69, 9.17) is 0 Å². The van der Waals surface area contributed by atoms with Gasteiger partial charge >= 0.3 is 0 Å². The minimum absolute atomic E-state index is 0.0199. The first-order valence-corrected chi connectivity index (χ1v) is 10.9. The maximum absolute atomic E-state index is 13.6. The molecule has 2 aromatic heterocycles. The van der Waals surface area contributed by atoms with Gasteiger partial charge in [-0.1, -0.05) is 13.0 Å². The summed E-state index contributed by atoms with van der Waals surface area (Å²) in [6.45, 7) is 3.61. The van der Waals surface area contributed by atoms with Gasteiger partial charge in [0.2, 0.25) is 5.82 Å². The largest absolute Gasteiger partial charge is 0.334 e. The molecule has 1 aliphatic rings. The molecule has 1 atom stereocenters. The standard InChI is InChI=1S/C24H24F3N5O/c1-2-21(32-11-7-15(8-12-32)19-5-3-4-9-28-19)31-24(33)23-29-10-6-20(30-23)16-13-17(25)22(27)18(26)14-16/h3-6,9-10,13-15,21H,2,7-8,11-12H2,1H3,(H,31,33). The van der Waals surface area contributed by atoms with Gasteiger partial charge in [-0.25, -0.2) is 23.1 Å². The molecule has 1 saturated heterocycles. The summed E-state index contributed by atoms with van der Waals surface area (Å²) in [6.07, 6.45) is 5.51. The van der Waals surface area contributed by atoms with Crippen LogP contribution in [0.5, 0.6) is 0 Å². The average Bonchev–Trinajstić information content (AvgIpc) is 2.86. The Bertz CT molecular complexity index is 1100. The normalized spacial score (nSPS) is 15.9. The molecule has 0 bridgehead atoms. The number of amides is 1. The third-order valence-corrected chi connectivity index (χ3v) is 5.90. The predicted molar refractivity (Wildman–Crippen MR) is 117 cm³/mol. The Morgan fingerprint density at radius 1 is 1.09 bits per heavy atom. The maximum Gasteiger partial charge on any atom is 0.290 e. The second-order valence-corrected chi connectivity index (χ2v) is 7.98. The minimum Gasteiger partial charge on any atom is -0.334 e. The summed E-state index contributed by atoms with van der Waals surface area (Å²) < 4.78 is 40.5. The lowest BCUT2D eigenvalue weighted by atomic mass is 9.92. The highest BCUT2D eigenvalue weighted by molar-refractivity contribution is 5.91. The number of aromatic nitrogens is 3. The van der Waals surface area contributed by atoms with E-state index >= 15 is 0 Å². The highest BCUT2D eigenvalue weighted by Gasteiger charge is 2.27. The quantitative estimate of drug-likeness (QED) is 0.561. The third-order valence-electron chi connectivity index (χ3n) is 5.90. The number of likely N-dealkylation sites (tertiary alicyclic amines) is 1. The summed E-state index contributed by atoms with van der Waals surface area (Å²) in [5.41, 5.74) is 1.23. The van der Waals surface area contributed by atoms with Crippen LogP contribution in [0.2, 0.25) is 0 Å². The highest BCUT2D eigenvalue weighted by Crippen LogP contribution is 2.27. The number of carbonyl (C=O) groups is 1. The zero-order valence-electron chi connectivity index (χ0n) is 18.1. The molecule has 33 heavy (non-hydrogen) atoms. The van der Waals surface area contributed by atoms with Crippen LogP contribution in [-0.4, -0.2) is 45.0 Å². The zero-order valence-corrected chi connectivity index (χ0v) is 18.1. The molecule has 6 nitrogen and oxygen atoms in total. The van der Waals surface area contributed by atoms with E-state index in [2.05, 4.69) is 25.2 Å². The van der Waals surface area contributed by atoms with Gasteiger partial charge in [0.1, 0.15) is 0 Å². The van der Waals surface area contributed by atoms with E-state index in [9.17, 15) is 18.0 Å². The van der Waals surface area contributed by atoms with Gasteiger partial charge in [0, 0.05) is 42.7 Å². The summed E-state index contributed by atoms with van der Waals surface area (Å²) in [5, 5.41) is 2.96. The summed E-state index contributed by atoms with van der Waals surface area (Å²) in [4.78, 5) is 27.6. The van der Waals surface area contributed by atoms with Gasteiger partial charge in [-0.2, -0.15) is 0 Å². The topological polar surface area (TPSA) is 71.0 Å². The van der Waals surface area contributed by atoms with Crippen LogP contribution in [0.25, 0.3) is 11.3 Å². The average molecular weight is 455 g/mol. The molecule has 0 spiro atoms. The molecular weight excluding hydrogens is 431 g/mol. The number of hydrogen-bond donors (Lipinski definition) is 1. The van der Waals surface area contributed by atoms with Crippen molar-refractivity contribution in [2.24, 2.45) is 0 Å². The van der Waals surface area contributed by atoms with Crippen LogP contribution in [0.15, 0.2) is 48.8 Å². The SMILES string of the molecule is CCC(NC(=O)c1nccc(-c2cc(F)c(F)c(F)c2)n1)N1CCC(c2ccccn2)CC1. The molecular formula is C24H24F3N5O. The van der Waals surface area contributed by atoms with E-state index in [0.29, 0.717) is 12.3 Å². The van der Waals surface area contributed by atoms with Crippen molar-refractivity contribution >= 4 is 5.91 Å². The molecule has 3 heterocycles. The first-order chi connectivity index (χ1) is 16.0. The number of halogens is 3.